The summed E-state index contributed by atoms with van der Waals surface area (Å²) in [6, 6.07) is 18.4. The molecule has 0 radical (unpaired) electrons. The van der Waals surface area contributed by atoms with Crippen LogP contribution in [0.2, 0.25) is 0 Å². The molecule has 0 amide bonds. The summed E-state index contributed by atoms with van der Waals surface area (Å²) in [5.41, 5.74) is 3.25. The Morgan fingerprint density at radius 3 is 2.28 bits per heavy atom. The SMILES string of the molecule is CCn1c(-c2ccc(OC)cc2)nc2c3ccc(OC)cc3ccc21. The molecule has 4 rings (SSSR count). The quantitative estimate of drug-likeness (QED) is 0.533. The van der Waals surface area contributed by atoms with Gasteiger partial charge in [0.2, 0.25) is 0 Å². The number of nitrogens with zero attached hydrogens (tertiary/aromatic N) is 2. The molecule has 0 saturated heterocycles. The molecule has 0 aliphatic heterocycles. The van der Waals surface area contributed by atoms with E-state index in [-0.39, 0.29) is 0 Å². The molecule has 0 atom stereocenters. The van der Waals surface area contributed by atoms with Crippen LogP contribution in [0.5, 0.6) is 11.5 Å². The summed E-state index contributed by atoms with van der Waals surface area (Å²) in [5.74, 6) is 2.68. The van der Waals surface area contributed by atoms with Crippen LogP contribution in [0.3, 0.4) is 0 Å². The zero-order valence-electron chi connectivity index (χ0n) is 14.6. The maximum atomic E-state index is 5.34. The second-order valence-corrected chi connectivity index (χ2v) is 5.93. The van der Waals surface area contributed by atoms with E-state index in [1.807, 2.05) is 24.3 Å². The van der Waals surface area contributed by atoms with Gasteiger partial charge in [0, 0.05) is 17.5 Å². The Hall–Kier alpha value is -3.01. The smallest absolute Gasteiger partial charge is 0.141 e. The van der Waals surface area contributed by atoms with Gasteiger partial charge in [-0.25, -0.2) is 4.98 Å². The maximum Gasteiger partial charge on any atom is 0.141 e. The molecule has 4 nitrogen and oxygen atoms in total. The first-order chi connectivity index (χ1) is 12.2. The van der Waals surface area contributed by atoms with Gasteiger partial charge in [-0.05, 0) is 60.8 Å². The average molecular weight is 332 g/mol. The van der Waals surface area contributed by atoms with E-state index in [2.05, 4.69) is 41.8 Å². The second kappa shape index (κ2) is 6.13. The van der Waals surface area contributed by atoms with Gasteiger partial charge in [0.25, 0.3) is 0 Å². The third-order valence-electron chi connectivity index (χ3n) is 4.61. The van der Waals surface area contributed by atoms with Gasteiger partial charge in [-0.15, -0.1) is 0 Å². The Morgan fingerprint density at radius 1 is 0.880 bits per heavy atom. The van der Waals surface area contributed by atoms with Crippen LogP contribution in [0.1, 0.15) is 6.92 Å². The lowest BCUT2D eigenvalue weighted by Crippen LogP contribution is -1.97. The van der Waals surface area contributed by atoms with Crippen molar-refractivity contribution in [1.29, 1.82) is 0 Å². The number of rotatable bonds is 4. The summed E-state index contributed by atoms with van der Waals surface area (Å²) in [4.78, 5) is 4.97. The lowest BCUT2D eigenvalue weighted by molar-refractivity contribution is 0.415. The van der Waals surface area contributed by atoms with Gasteiger partial charge in [-0.1, -0.05) is 6.07 Å². The van der Waals surface area contributed by atoms with Crippen molar-refractivity contribution in [2.75, 3.05) is 14.2 Å². The minimum absolute atomic E-state index is 0.848. The Bertz CT molecular complexity index is 1050. The van der Waals surface area contributed by atoms with E-state index in [1.54, 1.807) is 14.2 Å². The van der Waals surface area contributed by atoms with E-state index in [4.69, 9.17) is 14.5 Å². The molecule has 1 heterocycles. The number of aryl methyl sites for hydroxylation is 1. The predicted octanol–water partition coefficient (Wildman–Crippen LogP) is 4.89. The Balaban J connectivity index is 1.96. The summed E-state index contributed by atoms with van der Waals surface area (Å²) in [6.45, 7) is 3.01. The van der Waals surface area contributed by atoms with Crippen LogP contribution < -0.4 is 9.47 Å². The van der Waals surface area contributed by atoms with Crippen molar-refractivity contribution in [2.45, 2.75) is 13.5 Å². The third kappa shape index (κ3) is 2.50. The molecule has 0 N–H and O–H groups in total. The molecule has 0 aliphatic carbocycles. The van der Waals surface area contributed by atoms with Crippen molar-refractivity contribution in [2.24, 2.45) is 0 Å². The molecular formula is C21H20N2O2. The van der Waals surface area contributed by atoms with E-state index in [0.29, 0.717) is 0 Å². The zero-order valence-corrected chi connectivity index (χ0v) is 14.6. The Labute approximate surface area is 146 Å². The highest BCUT2D eigenvalue weighted by Gasteiger charge is 2.14. The van der Waals surface area contributed by atoms with E-state index < -0.39 is 0 Å². The lowest BCUT2D eigenvalue weighted by Gasteiger charge is -2.07. The number of hydrogen-bond acceptors (Lipinski definition) is 3. The molecule has 3 aromatic carbocycles. The number of hydrogen-bond donors (Lipinski definition) is 0. The number of ether oxygens (including phenoxy) is 2. The first-order valence-electron chi connectivity index (χ1n) is 8.36. The first-order valence-corrected chi connectivity index (χ1v) is 8.36. The minimum atomic E-state index is 0.848. The number of methoxy groups -OCH3 is 2. The number of benzene rings is 3. The number of aromatic nitrogens is 2. The van der Waals surface area contributed by atoms with Crippen molar-refractivity contribution in [3.8, 4) is 22.9 Å². The monoisotopic (exact) mass is 332 g/mol. The van der Waals surface area contributed by atoms with Gasteiger partial charge in [-0.2, -0.15) is 0 Å². The molecule has 25 heavy (non-hydrogen) atoms. The molecule has 0 fully saturated rings. The molecule has 0 spiro atoms. The Kier molecular flexibility index (Phi) is 3.80. The fourth-order valence-corrected chi connectivity index (χ4v) is 3.30. The Morgan fingerprint density at radius 2 is 1.60 bits per heavy atom. The van der Waals surface area contributed by atoms with E-state index >= 15 is 0 Å². The van der Waals surface area contributed by atoms with Gasteiger partial charge in [0.15, 0.2) is 0 Å². The van der Waals surface area contributed by atoms with Crippen LogP contribution >= 0.6 is 0 Å². The van der Waals surface area contributed by atoms with E-state index in [0.717, 1.165) is 51.2 Å². The molecule has 0 saturated carbocycles. The predicted molar refractivity (Wildman–Crippen MR) is 101 cm³/mol. The van der Waals surface area contributed by atoms with Crippen LogP contribution in [0, 0.1) is 0 Å². The molecule has 4 aromatic rings. The standard InChI is InChI=1S/C21H20N2O2/c1-4-23-19-12-7-15-13-17(25-3)10-11-18(15)20(19)22-21(23)14-5-8-16(24-2)9-6-14/h5-13H,4H2,1-3H3. The molecule has 1 aromatic heterocycles. The van der Waals surface area contributed by atoms with Crippen molar-refractivity contribution in [1.82, 2.24) is 9.55 Å². The van der Waals surface area contributed by atoms with Crippen molar-refractivity contribution in [3.05, 3.63) is 54.6 Å². The summed E-state index contributed by atoms with van der Waals surface area (Å²) in [6.07, 6.45) is 0. The fourth-order valence-electron chi connectivity index (χ4n) is 3.30. The van der Waals surface area contributed by atoms with Gasteiger partial charge in [-0.3, -0.25) is 0 Å². The minimum Gasteiger partial charge on any atom is -0.497 e. The van der Waals surface area contributed by atoms with Crippen molar-refractivity contribution in [3.63, 3.8) is 0 Å². The number of fused-ring (bicyclic) bond motifs is 3. The highest BCUT2D eigenvalue weighted by molar-refractivity contribution is 6.05. The second-order valence-electron chi connectivity index (χ2n) is 5.93. The largest absolute Gasteiger partial charge is 0.497 e. The molecule has 0 aliphatic rings. The topological polar surface area (TPSA) is 36.3 Å². The summed E-state index contributed by atoms with van der Waals surface area (Å²) >= 11 is 0. The fraction of sp³-hybridized carbons (Fsp3) is 0.190. The molecule has 0 unspecified atom stereocenters. The highest BCUT2D eigenvalue weighted by Crippen LogP contribution is 2.32. The lowest BCUT2D eigenvalue weighted by atomic mass is 10.1. The van der Waals surface area contributed by atoms with Crippen LogP contribution in [0.4, 0.5) is 0 Å². The average Bonchev–Trinajstić information content (AvgIpc) is 3.06. The zero-order chi connectivity index (χ0) is 17.4. The van der Waals surface area contributed by atoms with Crippen LogP contribution in [0.15, 0.2) is 54.6 Å². The van der Waals surface area contributed by atoms with Crippen molar-refractivity contribution < 1.29 is 9.47 Å². The normalized spacial score (nSPS) is 11.2. The molecule has 4 heteroatoms. The third-order valence-corrected chi connectivity index (χ3v) is 4.61. The van der Waals surface area contributed by atoms with E-state index in [9.17, 15) is 0 Å². The van der Waals surface area contributed by atoms with Crippen LogP contribution in [0.25, 0.3) is 33.2 Å². The maximum absolute atomic E-state index is 5.34. The van der Waals surface area contributed by atoms with Gasteiger partial charge in [0.1, 0.15) is 17.3 Å². The first kappa shape index (κ1) is 15.5. The number of imidazole rings is 1. The van der Waals surface area contributed by atoms with Gasteiger partial charge >= 0.3 is 0 Å². The highest BCUT2D eigenvalue weighted by atomic mass is 16.5. The van der Waals surface area contributed by atoms with Crippen LogP contribution in [-0.4, -0.2) is 23.8 Å². The summed E-state index contributed by atoms with van der Waals surface area (Å²) in [7, 11) is 3.37. The van der Waals surface area contributed by atoms with Gasteiger partial charge in [0.05, 0.1) is 25.3 Å². The van der Waals surface area contributed by atoms with Crippen molar-refractivity contribution >= 4 is 21.8 Å². The van der Waals surface area contributed by atoms with Crippen LogP contribution in [-0.2, 0) is 6.54 Å². The molecule has 0 bridgehead atoms. The molecule has 126 valence electrons. The summed E-state index contributed by atoms with van der Waals surface area (Å²) < 4.78 is 12.8. The van der Waals surface area contributed by atoms with E-state index in [1.165, 1.54) is 0 Å². The summed E-state index contributed by atoms with van der Waals surface area (Å²) in [5, 5.41) is 2.27. The van der Waals surface area contributed by atoms with Gasteiger partial charge < -0.3 is 14.0 Å². The molecular weight excluding hydrogens is 312 g/mol.